The predicted octanol–water partition coefficient (Wildman–Crippen LogP) is 3.04. The minimum absolute atomic E-state index is 0.181. The molecule has 2 heterocycles. The van der Waals surface area contributed by atoms with Crippen molar-refractivity contribution in [3.63, 3.8) is 0 Å². The van der Waals surface area contributed by atoms with Gasteiger partial charge in [0.2, 0.25) is 5.78 Å². The Morgan fingerprint density at radius 2 is 2.36 bits per heavy atom. The number of nitrogens with zero attached hydrogens (tertiary/aromatic N) is 1. The van der Waals surface area contributed by atoms with E-state index in [2.05, 4.69) is 20.9 Å². The van der Waals surface area contributed by atoms with Crippen molar-refractivity contribution in [3.8, 4) is 0 Å². The molecular formula is C9H6BrNO2S. The zero-order valence-corrected chi connectivity index (χ0v) is 9.68. The van der Waals surface area contributed by atoms with Crippen LogP contribution in [0.15, 0.2) is 26.6 Å². The normalized spacial score (nSPS) is 10.4. The number of aromatic nitrogens is 1. The van der Waals surface area contributed by atoms with Gasteiger partial charge in [0.15, 0.2) is 10.4 Å². The second-order valence-corrected chi connectivity index (χ2v) is 4.53. The van der Waals surface area contributed by atoms with Gasteiger partial charge in [-0.2, -0.15) is 0 Å². The van der Waals surface area contributed by atoms with Crippen molar-refractivity contribution in [1.82, 2.24) is 4.98 Å². The maximum Gasteiger partial charge on any atom is 0.247 e. The number of rotatable bonds is 2. The maximum absolute atomic E-state index is 11.7. The maximum atomic E-state index is 11.7. The van der Waals surface area contributed by atoms with E-state index in [9.17, 15) is 4.79 Å². The molecule has 0 bridgehead atoms. The molecule has 2 aromatic heterocycles. The lowest BCUT2D eigenvalue weighted by atomic mass is 10.2. The molecule has 0 atom stereocenters. The van der Waals surface area contributed by atoms with Crippen LogP contribution in [0.5, 0.6) is 0 Å². The summed E-state index contributed by atoms with van der Waals surface area (Å²) in [7, 11) is 0. The molecule has 14 heavy (non-hydrogen) atoms. The molecule has 0 saturated heterocycles. The fourth-order valence-electron chi connectivity index (χ4n) is 1.03. The van der Waals surface area contributed by atoms with Gasteiger partial charge < -0.3 is 4.42 Å². The first-order chi connectivity index (χ1) is 6.66. The van der Waals surface area contributed by atoms with Crippen LogP contribution in [0.1, 0.15) is 21.3 Å². The minimum atomic E-state index is -0.181. The summed E-state index contributed by atoms with van der Waals surface area (Å²) in [5.41, 5.74) is 0.439. The molecule has 0 unspecified atom stereocenters. The summed E-state index contributed by atoms with van der Waals surface area (Å²) in [6.07, 6.45) is 0. The van der Waals surface area contributed by atoms with Crippen molar-refractivity contribution in [3.05, 3.63) is 38.6 Å². The lowest BCUT2D eigenvalue weighted by Crippen LogP contribution is -1.99. The minimum Gasteiger partial charge on any atom is -0.446 e. The molecule has 72 valence electrons. The molecule has 0 spiro atoms. The van der Waals surface area contributed by atoms with Crippen LogP contribution in [0.2, 0.25) is 0 Å². The van der Waals surface area contributed by atoms with E-state index >= 15 is 0 Å². The van der Waals surface area contributed by atoms with Gasteiger partial charge >= 0.3 is 0 Å². The molecule has 0 aliphatic heterocycles. The van der Waals surface area contributed by atoms with Crippen molar-refractivity contribution in [2.24, 2.45) is 0 Å². The molecule has 0 aliphatic rings. The van der Waals surface area contributed by atoms with E-state index in [0.717, 1.165) is 5.01 Å². The van der Waals surface area contributed by atoms with Gasteiger partial charge in [-0.1, -0.05) is 0 Å². The number of hydrogen-bond donors (Lipinski definition) is 0. The smallest absolute Gasteiger partial charge is 0.247 e. The number of aryl methyl sites for hydroxylation is 1. The highest BCUT2D eigenvalue weighted by atomic mass is 79.9. The van der Waals surface area contributed by atoms with Crippen LogP contribution in [0.4, 0.5) is 0 Å². The number of halogens is 1. The Bertz CT molecular complexity index is 432. The van der Waals surface area contributed by atoms with Gasteiger partial charge in [0, 0.05) is 5.38 Å². The number of carbonyl (C=O) groups is 1. The Morgan fingerprint density at radius 3 is 2.86 bits per heavy atom. The monoisotopic (exact) mass is 271 g/mol. The van der Waals surface area contributed by atoms with E-state index in [1.165, 1.54) is 11.3 Å². The fourth-order valence-corrected chi connectivity index (χ4v) is 1.93. The summed E-state index contributed by atoms with van der Waals surface area (Å²) in [5.74, 6) is 0.127. The molecule has 0 amide bonds. The van der Waals surface area contributed by atoms with Crippen LogP contribution in [0.25, 0.3) is 0 Å². The quantitative estimate of drug-likeness (QED) is 0.789. The van der Waals surface area contributed by atoms with Gasteiger partial charge in [0.1, 0.15) is 5.69 Å². The Hall–Kier alpha value is -0.940. The van der Waals surface area contributed by atoms with Crippen molar-refractivity contribution in [2.75, 3.05) is 0 Å². The van der Waals surface area contributed by atoms with Crippen molar-refractivity contribution in [2.45, 2.75) is 6.92 Å². The molecule has 2 aromatic rings. The van der Waals surface area contributed by atoms with E-state index in [4.69, 9.17) is 4.42 Å². The molecule has 5 heteroatoms. The summed E-state index contributed by atoms with van der Waals surface area (Å²) >= 11 is 4.59. The molecule has 0 radical (unpaired) electrons. The molecule has 0 aromatic carbocycles. The predicted molar refractivity (Wildman–Crippen MR) is 56.7 cm³/mol. The Morgan fingerprint density at radius 1 is 1.57 bits per heavy atom. The second-order valence-electron chi connectivity index (χ2n) is 2.68. The van der Waals surface area contributed by atoms with Crippen molar-refractivity contribution >= 4 is 33.0 Å². The molecule has 0 fully saturated rings. The van der Waals surface area contributed by atoms with Crippen LogP contribution >= 0.6 is 27.3 Å². The molecular weight excluding hydrogens is 266 g/mol. The average molecular weight is 272 g/mol. The molecule has 0 N–H and O–H groups in total. The van der Waals surface area contributed by atoms with Gasteiger partial charge in [-0.25, -0.2) is 4.98 Å². The first-order valence-electron chi connectivity index (χ1n) is 3.89. The highest BCUT2D eigenvalue weighted by molar-refractivity contribution is 9.10. The molecule has 2 rings (SSSR count). The van der Waals surface area contributed by atoms with Gasteiger partial charge in [0.05, 0.1) is 5.01 Å². The number of thiazole rings is 1. The standard InChI is InChI=1S/C9H6BrNO2S/c1-5-11-6(4-14-5)9(12)7-2-3-8(10)13-7/h2-4H,1H3. The second kappa shape index (κ2) is 3.67. The van der Waals surface area contributed by atoms with Crippen molar-refractivity contribution < 1.29 is 9.21 Å². The van der Waals surface area contributed by atoms with E-state index < -0.39 is 0 Å². The average Bonchev–Trinajstić information content (AvgIpc) is 2.73. The molecule has 3 nitrogen and oxygen atoms in total. The van der Waals surface area contributed by atoms with Crippen LogP contribution < -0.4 is 0 Å². The Labute approximate surface area is 92.9 Å². The van der Waals surface area contributed by atoms with Gasteiger partial charge in [0.25, 0.3) is 0 Å². The SMILES string of the molecule is Cc1nc(C(=O)c2ccc(Br)o2)cs1. The summed E-state index contributed by atoms with van der Waals surface area (Å²) in [4.78, 5) is 15.8. The molecule has 0 aliphatic carbocycles. The van der Waals surface area contributed by atoms with Crippen LogP contribution in [0.3, 0.4) is 0 Å². The zero-order valence-electron chi connectivity index (χ0n) is 7.28. The Kier molecular flexibility index (Phi) is 2.52. The van der Waals surface area contributed by atoms with E-state index in [1.54, 1.807) is 17.5 Å². The third kappa shape index (κ3) is 1.78. The number of carbonyl (C=O) groups excluding carboxylic acids is 1. The summed E-state index contributed by atoms with van der Waals surface area (Å²) in [6.45, 7) is 1.86. The number of furan rings is 1. The van der Waals surface area contributed by atoms with Crippen LogP contribution in [-0.2, 0) is 0 Å². The largest absolute Gasteiger partial charge is 0.446 e. The van der Waals surface area contributed by atoms with Crippen molar-refractivity contribution in [1.29, 1.82) is 0 Å². The Balaban J connectivity index is 2.33. The lowest BCUT2D eigenvalue weighted by Gasteiger charge is -1.90. The fraction of sp³-hybridized carbons (Fsp3) is 0.111. The molecule has 0 saturated carbocycles. The summed E-state index contributed by atoms with van der Waals surface area (Å²) in [6, 6.07) is 3.31. The first-order valence-corrected chi connectivity index (χ1v) is 5.56. The highest BCUT2D eigenvalue weighted by Gasteiger charge is 2.15. The number of hydrogen-bond acceptors (Lipinski definition) is 4. The van der Waals surface area contributed by atoms with E-state index in [0.29, 0.717) is 16.1 Å². The van der Waals surface area contributed by atoms with Gasteiger partial charge in [-0.3, -0.25) is 4.79 Å². The van der Waals surface area contributed by atoms with Gasteiger partial charge in [-0.15, -0.1) is 11.3 Å². The third-order valence-corrected chi connectivity index (χ3v) is 2.85. The first kappa shape index (κ1) is 9.61. The topological polar surface area (TPSA) is 43.1 Å². The zero-order chi connectivity index (χ0) is 10.1. The third-order valence-electron chi connectivity index (χ3n) is 1.65. The number of ketones is 1. The van der Waals surface area contributed by atoms with Crippen LogP contribution in [-0.4, -0.2) is 10.8 Å². The van der Waals surface area contributed by atoms with E-state index in [-0.39, 0.29) is 5.78 Å². The summed E-state index contributed by atoms with van der Waals surface area (Å²) in [5, 5.41) is 2.60. The van der Waals surface area contributed by atoms with Gasteiger partial charge in [-0.05, 0) is 35.0 Å². The highest BCUT2D eigenvalue weighted by Crippen LogP contribution is 2.18. The van der Waals surface area contributed by atoms with E-state index in [1.807, 2.05) is 6.92 Å². The van der Waals surface area contributed by atoms with Crippen LogP contribution in [0, 0.1) is 6.92 Å². The summed E-state index contributed by atoms with van der Waals surface area (Å²) < 4.78 is 5.69. The lowest BCUT2D eigenvalue weighted by molar-refractivity contribution is 0.100.